The van der Waals surface area contributed by atoms with E-state index in [0.717, 1.165) is 0 Å². The van der Waals surface area contributed by atoms with E-state index in [1.165, 1.54) is 6.07 Å². The number of aromatic nitrogens is 1. The minimum Gasteiger partial charge on any atom is -0.478 e. The molecular formula is C16H7F7N2O3. The van der Waals surface area contributed by atoms with Gasteiger partial charge in [-0.3, -0.25) is 0 Å². The third kappa shape index (κ3) is 4.48. The summed E-state index contributed by atoms with van der Waals surface area (Å²) in [5.74, 6) is -4.15. The highest BCUT2D eigenvalue weighted by atomic mass is 19.4. The summed E-state index contributed by atoms with van der Waals surface area (Å²) in [6, 6.07) is 3.06. The summed E-state index contributed by atoms with van der Waals surface area (Å²) in [7, 11) is 0. The molecule has 0 spiro atoms. The van der Waals surface area contributed by atoms with E-state index in [2.05, 4.69) is 4.98 Å². The molecular weight excluding hydrogens is 401 g/mol. The number of carbonyl (C=O) groups is 1. The molecule has 0 amide bonds. The number of alkyl halides is 6. The van der Waals surface area contributed by atoms with Crippen molar-refractivity contribution in [1.29, 1.82) is 5.26 Å². The number of hydrogen-bond donors (Lipinski definition) is 1. The Morgan fingerprint density at radius 1 is 1.14 bits per heavy atom. The first-order chi connectivity index (χ1) is 12.8. The first-order valence-corrected chi connectivity index (χ1v) is 7.08. The van der Waals surface area contributed by atoms with Crippen LogP contribution in [0, 0.1) is 17.1 Å². The SMILES string of the molecule is N#Cc1cc(C(=O)O)c(C(F)(F)F)nc1OCc1cc(C(F)(F)F)ccc1F. The molecule has 1 N–H and O–H groups in total. The number of pyridine rings is 1. The third-order valence-electron chi connectivity index (χ3n) is 3.34. The molecule has 0 atom stereocenters. The Morgan fingerprint density at radius 2 is 1.79 bits per heavy atom. The number of halogens is 7. The van der Waals surface area contributed by atoms with Gasteiger partial charge in [-0.2, -0.15) is 31.6 Å². The van der Waals surface area contributed by atoms with Gasteiger partial charge in [-0.1, -0.05) is 0 Å². The van der Waals surface area contributed by atoms with Gasteiger partial charge in [-0.25, -0.2) is 14.2 Å². The molecule has 2 rings (SSSR count). The van der Waals surface area contributed by atoms with E-state index in [9.17, 15) is 35.5 Å². The molecule has 28 heavy (non-hydrogen) atoms. The largest absolute Gasteiger partial charge is 0.478 e. The van der Waals surface area contributed by atoms with Crippen molar-refractivity contribution in [2.75, 3.05) is 0 Å². The van der Waals surface area contributed by atoms with Crippen LogP contribution in [0.15, 0.2) is 24.3 Å². The maximum absolute atomic E-state index is 13.7. The summed E-state index contributed by atoms with van der Waals surface area (Å²) in [5.41, 5.74) is -5.80. The van der Waals surface area contributed by atoms with E-state index in [1.54, 1.807) is 0 Å². The average molecular weight is 408 g/mol. The topological polar surface area (TPSA) is 83.2 Å². The molecule has 0 radical (unpaired) electrons. The lowest BCUT2D eigenvalue weighted by molar-refractivity contribution is -0.142. The molecule has 148 valence electrons. The van der Waals surface area contributed by atoms with Crippen LogP contribution in [-0.4, -0.2) is 16.1 Å². The highest BCUT2D eigenvalue weighted by Gasteiger charge is 2.39. The van der Waals surface area contributed by atoms with Gasteiger partial charge in [-0.05, 0) is 24.3 Å². The minimum absolute atomic E-state index is 0.357. The number of nitriles is 1. The van der Waals surface area contributed by atoms with Gasteiger partial charge in [0.05, 0.1) is 11.1 Å². The van der Waals surface area contributed by atoms with Crippen molar-refractivity contribution in [3.8, 4) is 11.9 Å². The monoisotopic (exact) mass is 408 g/mol. The predicted molar refractivity (Wildman–Crippen MR) is 76.6 cm³/mol. The first kappa shape index (κ1) is 20.9. The maximum atomic E-state index is 13.7. The average Bonchev–Trinajstić information content (AvgIpc) is 2.58. The molecule has 0 saturated heterocycles. The molecule has 0 saturated carbocycles. The Hall–Kier alpha value is -3.36. The normalized spacial score (nSPS) is 11.8. The van der Waals surface area contributed by atoms with Gasteiger partial charge in [0, 0.05) is 5.56 Å². The predicted octanol–water partition coefficient (Wildman–Crippen LogP) is 4.41. The zero-order chi connectivity index (χ0) is 21.3. The maximum Gasteiger partial charge on any atom is 0.434 e. The smallest absolute Gasteiger partial charge is 0.434 e. The number of ether oxygens (including phenoxy) is 1. The van der Waals surface area contributed by atoms with E-state index >= 15 is 0 Å². The lowest BCUT2D eigenvalue weighted by atomic mass is 10.1. The third-order valence-corrected chi connectivity index (χ3v) is 3.34. The summed E-state index contributed by atoms with van der Waals surface area (Å²) in [4.78, 5) is 13.9. The van der Waals surface area contributed by atoms with E-state index in [4.69, 9.17) is 15.1 Å². The lowest BCUT2D eigenvalue weighted by Crippen LogP contribution is -2.17. The van der Waals surface area contributed by atoms with Gasteiger partial charge >= 0.3 is 18.3 Å². The van der Waals surface area contributed by atoms with Crippen LogP contribution in [0.4, 0.5) is 30.7 Å². The number of carboxylic acid groups (broad SMARTS) is 1. The molecule has 1 aromatic carbocycles. The molecule has 0 unspecified atom stereocenters. The highest BCUT2D eigenvalue weighted by Crippen LogP contribution is 2.34. The fourth-order valence-electron chi connectivity index (χ4n) is 2.07. The fraction of sp³-hybridized carbons (Fsp3) is 0.188. The van der Waals surface area contributed by atoms with Crippen LogP contribution in [-0.2, 0) is 19.0 Å². The molecule has 5 nitrogen and oxygen atoms in total. The number of rotatable bonds is 4. The molecule has 0 aliphatic rings. The van der Waals surface area contributed by atoms with Crippen molar-refractivity contribution in [2.45, 2.75) is 19.0 Å². The molecule has 0 bridgehead atoms. The fourth-order valence-corrected chi connectivity index (χ4v) is 2.07. The van der Waals surface area contributed by atoms with Gasteiger partial charge in [-0.15, -0.1) is 0 Å². The van der Waals surface area contributed by atoms with Crippen molar-refractivity contribution in [3.63, 3.8) is 0 Å². The van der Waals surface area contributed by atoms with Gasteiger partial charge in [0.15, 0.2) is 5.69 Å². The molecule has 2 aromatic rings. The molecule has 1 heterocycles. The summed E-state index contributed by atoms with van der Waals surface area (Å²) < 4.78 is 95.5. The number of benzene rings is 1. The van der Waals surface area contributed by atoms with E-state index in [1.807, 2.05) is 0 Å². The standard InChI is InChI=1S/C16H7F7N2O3/c17-11-2-1-9(15(18,19)20)3-8(11)6-28-13-7(5-24)4-10(14(26)27)12(25-13)16(21,22)23/h1-4H,6H2,(H,26,27). The highest BCUT2D eigenvalue weighted by molar-refractivity contribution is 5.89. The zero-order valence-corrected chi connectivity index (χ0v) is 13.3. The second kappa shape index (κ2) is 7.34. The molecule has 0 fully saturated rings. The summed E-state index contributed by atoms with van der Waals surface area (Å²) >= 11 is 0. The van der Waals surface area contributed by atoms with Crippen molar-refractivity contribution in [2.24, 2.45) is 0 Å². The van der Waals surface area contributed by atoms with Gasteiger partial charge < -0.3 is 9.84 Å². The van der Waals surface area contributed by atoms with Crippen LogP contribution in [0.5, 0.6) is 5.88 Å². The van der Waals surface area contributed by atoms with E-state index in [0.29, 0.717) is 24.3 Å². The summed E-state index contributed by atoms with van der Waals surface area (Å²) in [5, 5.41) is 17.8. The van der Waals surface area contributed by atoms with Gasteiger partial charge in [0.2, 0.25) is 5.88 Å². The number of nitrogens with zero attached hydrogens (tertiary/aromatic N) is 2. The van der Waals surface area contributed by atoms with Gasteiger partial charge in [0.1, 0.15) is 24.1 Å². The Bertz CT molecular complexity index is 962. The Kier molecular flexibility index (Phi) is 5.49. The molecule has 12 heteroatoms. The lowest BCUT2D eigenvalue weighted by Gasteiger charge is -2.14. The number of hydrogen-bond acceptors (Lipinski definition) is 4. The first-order valence-electron chi connectivity index (χ1n) is 7.08. The van der Waals surface area contributed by atoms with Crippen molar-refractivity contribution in [1.82, 2.24) is 4.98 Å². The van der Waals surface area contributed by atoms with Crippen molar-refractivity contribution >= 4 is 5.97 Å². The van der Waals surface area contributed by atoms with Gasteiger partial charge in [0.25, 0.3) is 0 Å². The Morgan fingerprint density at radius 3 is 2.29 bits per heavy atom. The Labute approximate surface area is 151 Å². The second-order valence-corrected chi connectivity index (χ2v) is 5.24. The van der Waals surface area contributed by atoms with E-state index in [-0.39, 0.29) is 0 Å². The van der Waals surface area contributed by atoms with Crippen molar-refractivity contribution < 1.29 is 45.4 Å². The Balaban J connectivity index is 2.45. The number of carboxylic acids is 1. The van der Waals surface area contributed by atoms with Crippen molar-refractivity contribution in [3.05, 3.63) is 58.0 Å². The van der Waals surface area contributed by atoms with E-state index < -0.39 is 64.6 Å². The zero-order valence-electron chi connectivity index (χ0n) is 13.3. The summed E-state index contributed by atoms with van der Waals surface area (Å²) in [6.45, 7) is -0.985. The number of aromatic carboxylic acids is 1. The molecule has 0 aliphatic carbocycles. The van der Waals surface area contributed by atoms with Crippen LogP contribution in [0.2, 0.25) is 0 Å². The van der Waals surface area contributed by atoms with Crippen LogP contribution in [0.1, 0.15) is 32.7 Å². The van der Waals surface area contributed by atoms with Crippen LogP contribution in [0.3, 0.4) is 0 Å². The minimum atomic E-state index is -5.22. The second-order valence-electron chi connectivity index (χ2n) is 5.24. The van der Waals surface area contributed by atoms with Crippen LogP contribution < -0.4 is 4.74 Å². The quantitative estimate of drug-likeness (QED) is 0.758. The van der Waals surface area contributed by atoms with Crippen LogP contribution in [0.25, 0.3) is 0 Å². The molecule has 0 aliphatic heterocycles. The molecule has 1 aromatic heterocycles. The summed E-state index contributed by atoms with van der Waals surface area (Å²) in [6.07, 6.45) is -10.0. The van der Waals surface area contributed by atoms with Crippen LogP contribution >= 0.6 is 0 Å².